The average molecular weight is 416 g/mol. The molecule has 0 fully saturated rings. The van der Waals surface area contributed by atoms with Crippen LogP contribution < -0.4 is 9.47 Å². The molecule has 1 aliphatic carbocycles. The molecule has 0 bridgehead atoms. The molecule has 0 spiro atoms. The van der Waals surface area contributed by atoms with Crippen LogP contribution in [0.1, 0.15) is 39.0 Å². The van der Waals surface area contributed by atoms with Crippen LogP contribution in [0.15, 0.2) is 24.3 Å². The van der Waals surface area contributed by atoms with E-state index in [1.54, 1.807) is 11.9 Å². The molecule has 0 unspecified atom stereocenters. The van der Waals surface area contributed by atoms with E-state index in [0.29, 0.717) is 36.3 Å². The van der Waals surface area contributed by atoms with Gasteiger partial charge in [0.15, 0.2) is 18.1 Å². The Labute approximate surface area is 174 Å². The van der Waals surface area contributed by atoms with E-state index < -0.39 is 5.97 Å². The molecule has 2 aliphatic rings. The lowest BCUT2D eigenvalue weighted by atomic mass is 9.90. The fourth-order valence-corrected chi connectivity index (χ4v) is 4.77. The van der Waals surface area contributed by atoms with Crippen LogP contribution in [-0.2, 0) is 28.9 Å². The number of fused-ring (bicyclic) bond motifs is 2. The number of carbonyl (C=O) groups is 2. The number of nitrogens with zero attached hydrogens (tertiary/aromatic N) is 1. The second-order valence-corrected chi connectivity index (χ2v) is 8.85. The number of carbonyl (C=O) groups excluding carboxylic acids is 2. The Morgan fingerprint density at radius 3 is 2.83 bits per heavy atom. The molecule has 0 saturated heterocycles. The van der Waals surface area contributed by atoms with Crippen LogP contribution in [0.25, 0.3) is 0 Å². The summed E-state index contributed by atoms with van der Waals surface area (Å²) in [5.41, 5.74) is 2.18. The van der Waals surface area contributed by atoms with Gasteiger partial charge < -0.3 is 19.1 Å². The van der Waals surface area contributed by atoms with Crippen molar-refractivity contribution in [2.24, 2.45) is 5.92 Å². The average Bonchev–Trinajstić information content (AvgIpc) is 3.15. The molecule has 0 saturated carbocycles. The van der Waals surface area contributed by atoms with Gasteiger partial charge in [0.2, 0.25) is 0 Å². The number of thiophene rings is 1. The van der Waals surface area contributed by atoms with Crippen molar-refractivity contribution < 1.29 is 23.8 Å². The van der Waals surface area contributed by atoms with Gasteiger partial charge in [-0.25, -0.2) is 4.79 Å². The highest BCUT2D eigenvalue weighted by atomic mass is 32.1. The lowest BCUT2D eigenvalue weighted by Crippen LogP contribution is -2.30. The highest BCUT2D eigenvalue weighted by Gasteiger charge is 2.22. The second-order valence-electron chi connectivity index (χ2n) is 7.71. The molecule has 2 heterocycles. The van der Waals surface area contributed by atoms with E-state index in [4.69, 9.17) is 14.2 Å². The maximum atomic E-state index is 12.4. The third-order valence-electron chi connectivity index (χ3n) is 5.31. The first-order chi connectivity index (χ1) is 14.0. The van der Waals surface area contributed by atoms with Gasteiger partial charge in [-0.2, -0.15) is 0 Å². The molecule has 1 aromatic heterocycles. The number of benzene rings is 1. The number of hydrogen-bond acceptors (Lipinski definition) is 6. The maximum Gasteiger partial charge on any atom is 0.348 e. The predicted octanol–water partition coefficient (Wildman–Crippen LogP) is 3.46. The van der Waals surface area contributed by atoms with Gasteiger partial charge in [-0.1, -0.05) is 13.0 Å². The smallest absolute Gasteiger partial charge is 0.348 e. The van der Waals surface area contributed by atoms with E-state index >= 15 is 0 Å². The summed E-state index contributed by atoms with van der Waals surface area (Å²) in [4.78, 5) is 28.2. The van der Waals surface area contributed by atoms with Gasteiger partial charge in [-0.15, -0.1) is 11.3 Å². The Balaban J connectivity index is 1.30. The lowest BCUT2D eigenvalue weighted by molar-refractivity contribution is -0.133. The summed E-state index contributed by atoms with van der Waals surface area (Å²) in [6, 6.07) is 7.56. The van der Waals surface area contributed by atoms with Gasteiger partial charge in [0.05, 0.1) is 0 Å². The van der Waals surface area contributed by atoms with Crippen molar-refractivity contribution in [1.82, 2.24) is 4.90 Å². The van der Waals surface area contributed by atoms with Gasteiger partial charge in [0.1, 0.15) is 18.1 Å². The molecule has 4 rings (SSSR count). The van der Waals surface area contributed by atoms with Gasteiger partial charge in [0, 0.05) is 18.5 Å². The van der Waals surface area contributed by atoms with Gasteiger partial charge in [-0.3, -0.25) is 4.79 Å². The van der Waals surface area contributed by atoms with Crippen molar-refractivity contribution in [1.29, 1.82) is 0 Å². The molecule has 1 aliphatic heterocycles. The molecule has 6 nitrogen and oxygen atoms in total. The zero-order valence-electron chi connectivity index (χ0n) is 16.7. The SMILES string of the molecule is C[C@H]1CCc2sc(C(=O)OCC(=O)N(C)Cc3ccc4c(c3)OCCO4)cc2C1. The minimum atomic E-state index is -0.418. The monoisotopic (exact) mass is 415 g/mol. The number of amides is 1. The number of aryl methyl sites for hydroxylation is 1. The van der Waals surface area contributed by atoms with Gasteiger partial charge in [0.25, 0.3) is 5.91 Å². The third kappa shape index (κ3) is 4.56. The molecule has 29 heavy (non-hydrogen) atoms. The number of ether oxygens (including phenoxy) is 3. The van der Waals surface area contributed by atoms with Crippen LogP contribution in [0.2, 0.25) is 0 Å². The van der Waals surface area contributed by atoms with Crippen molar-refractivity contribution in [2.45, 2.75) is 32.7 Å². The zero-order chi connectivity index (χ0) is 20.4. The second kappa shape index (κ2) is 8.45. The summed E-state index contributed by atoms with van der Waals surface area (Å²) < 4.78 is 16.4. The highest BCUT2D eigenvalue weighted by Crippen LogP contribution is 2.33. The molecular formula is C22H25NO5S. The van der Waals surface area contributed by atoms with Crippen LogP contribution in [-0.4, -0.2) is 43.6 Å². The van der Waals surface area contributed by atoms with E-state index in [-0.39, 0.29) is 12.5 Å². The predicted molar refractivity (Wildman–Crippen MR) is 110 cm³/mol. The summed E-state index contributed by atoms with van der Waals surface area (Å²) in [7, 11) is 1.69. The van der Waals surface area contributed by atoms with E-state index in [1.165, 1.54) is 21.8 Å². The van der Waals surface area contributed by atoms with Crippen LogP contribution in [0.3, 0.4) is 0 Å². The Hall–Kier alpha value is -2.54. The summed E-state index contributed by atoms with van der Waals surface area (Å²) in [5, 5.41) is 0. The Bertz CT molecular complexity index is 922. The maximum absolute atomic E-state index is 12.4. The third-order valence-corrected chi connectivity index (χ3v) is 6.53. The van der Waals surface area contributed by atoms with Gasteiger partial charge >= 0.3 is 5.97 Å². The summed E-state index contributed by atoms with van der Waals surface area (Å²) in [5.74, 6) is 1.39. The summed E-state index contributed by atoms with van der Waals surface area (Å²) in [6.45, 7) is 3.43. The Morgan fingerprint density at radius 1 is 1.21 bits per heavy atom. The normalized spacial score (nSPS) is 17.4. The van der Waals surface area contributed by atoms with Crippen molar-refractivity contribution in [3.05, 3.63) is 45.1 Å². The first-order valence-corrected chi connectivity index (χ1v) is 10.7. The Morgan fingerprint density at radius 2 is 2.00 bits per heavy atom. The Kier molecular flexibility index (Phi) is 5.76. The molecule has 1 amide bonds. The standard InChI is InChI=1S/C22H25NO5S/c1-14-3-6-19-16(9-14)11-20(29-19)22(25)28-13-21(24)23(2)12-15-4-5-17-18(10-15)27-8-7-26-17/h4-5,10-11,14H,3,6-9,12-13H2,1-2H3/t14-/m0/s1. The van der Waals surface area contributed by atoms with Crippen molar-refractivity contribution in [3.63, 3.8) is 0 Å². The lowest BCUT2D eigenvalue weighted by Gasteiger charge is -2.21. The van der Waals surface area contributed by atoms with E-state index in [2.05, 4.69) is 6.92 Å². The molecule has 154 valence electrons. The fourth-order valence-electron chi connectivity index (χ4n) is 3.66. The number of hydrogen-bond donors (Lipinski definition) is 0. The largest absolute Gasteiger partial charge is 0.486 e. The molecule has 1 atom stereocenters. The zero-order valence-corrected chi connectivity index (χ0v) is 17.5. The van der Waals surface area contributed by atoms with Crippen LogP contribution >= 0.6 is 11.3 Å². The van der Waals surface area contributed by atoms with Crippen LogP contribution in [0.5, 0.6) is 11.5 Å². The fraction of sp³-hybridized carbons (Fsp3) is 0.455. The van der Waals surface area contributed by atoms with Crippen molar-refractivity contribution >= 4 is 23.2 Å². The topological polar surface area (TPSA) is 65.1 Å². The number of rotatable bonds is 5. The van der Waals surface area contributed by atoms with E-state index in [1.807, 2.05) is 24.3 Å². The van der Waals surface area contributed by atoms with Crippen LogP contribution in [0, 0.1) is 5.92 Å². The van der Waals surface area contributed by atoms with Crippen LogP contribution in [0.4, 0.5) is 0 Å². The first kappa shape index (κ1) is 19.8. The van der Waals surface area contributed by atoms with Crippen molar-refractivity contribution in [2.75, 3.05) is 26.9 Å². The molecule has 1 aromatic carbocycles. The van der Waals surface area contributed by atoms with E-state index in [0.717, 1.165) is 30.6 Å². The molecule has 2 aromatic rings. The highest BCUT2D eigenvalue weighted by molar-refractivity contribution is 7.14. The molecule has 0 N–H and O–H groups in total. The minimum absolute atomic E-state index is 0.247. The van der Waals surface area contributed by atoms with E-state index in [9.17, 15) is 9.59 Å². The minimum Gasteiger partial charge on any atom is -0.486 e. The summed E-state index contributed by atoms with van der Waals surface area (Å²) >= 11 is 1.50. The molecular weight excluding hydrogens is 390 g/mol. The van der Waals surface area contributed by atoms with Crippen molar-refractivity contribution in [3.8, 4) is 11.5 Å². The van der Waals surface area contributed by atoms with Gasteiger partial charge in [-0.05, 0) is 54.5 Å². The first-order valence-electron chi connectivity index (χ1n) is 9.91. The quantitative estimate of drug-likeness (QED) is 0.700. The number of esters is 1. The molecule has 0 radical (unpaired) electrons. The summed E-state index contributed by atoms with van der Waals surface area (Å²) in [6.07, 6.45) is 3.19. The number of likely N-dealkylation sites (N-methyl/N-ethyl adjacent to an activating group) is 1. The molecule has 7 heteroatoms.